The second-order valence-electron chi connectivity index (χ2n) is 8.05. The van der Waals surface area contributed by atoms with E-state index in [1.807, 2.05) is 43.5 Å². The van der Waals surface area contributed by atoms with Crippen LogP contribution in [-0.2, 0) is 0 Å². The number of rotatable bonds is 4. The summed E-state index contributed by atoms with van der Waals surface area (Å²) < 4.78 is 0. The fourth-order valence-electron chi connectivity index (χ4n) is 4.02. The van der Waals surface area contributed by atoms with Crippen molar-refractivity contribution in [3.8, 4) is 0 Å². The van der Waals surface area contributed by atoms with Gasteiger partial charge in [-0.15, -0.1) is 0 Å². The number of nitrogens with one attached hydrogen (secondary N) is 1. The molecule has 2 aromatic rings. The fourth-order valence-corrected chi connectivity index (χ4v) is 4.02. The summed E-state index contributed by atoms with van der Waals surface area (Å²) in [7, 11) is 2.15. The predicted octanol–water partition coefficient (Wildman–Crippen LogP) is 1.94. The Hall–Kier alpha value is -2.67. The lowest BCUT2D eigenvalue weighted by Gasteiger charge is -2.35. The zero-order chi connectivity index (χ0) is 20.2. The number of hydrogen-bond donors (Lipinski definition) is 1. The van der Waals surface area contributed by atoms with Crippen molar-refractivity contribution < 1.29 is 4.79 Å². The molecule has 7 heteroatoms. The largest absolute Gasteiger partial charge is 0.356 e. The lowest BCUT2D eigenvalue weighted by Crippen LogP contribution is -2.46. The van der Waals surface area contributed by atoms with Crippen molar-refractivity contribution >= 4 is 17.7 Å². The molecule has 154 valence electrons. The number of likely N-dealkylation sites (N-methyl/N-ethyl adjacent to an activating group) is 1. The van der Waals surface area contributed by atoms with Crippen molar-refractivity contribution in [3.63, 3.8) is 0 Å². The number of anilines is 2. The van der Waals surface area contributed by atoms with Gasteiger partial charge in [-0.05, 0) is 44.5 Å². The first-order valence-corrected chi connectivity index (χ1v) is 10.5. The van der Waals surface area contributed by atoms with Crippen LogP contribution in [0.15, 0.2) is 36.5 Å². The zero-order valence-corrected chi connectivity index (χ0v) is 17.3. The fraction of sp³-hybridized carbons (Fsp3) is 0.500. The highest BCUT2D eigenvalue weighted by Crippen LogP contribution is 2.21. The third-order valence-electron chi connectivity index (χ3n) is 5.96. The van der Waals surface area contributed by atoms with Gasteiger partial charge in [0.2, 0.25) is 5.95 Å². The van der Waals surface area contributed by atoms with Gasteiger partial charge >= 0.3 is 0 Å². The van der Waals surface area contributed by atoms with E-state index in [4.69, 9.17) is 4.98 Å². The number of carbonyl (C=O) groups excluding carboxylic acids is 1. The molecule has 1 aromatic carbocycles. The maximum absolute atomic E-state index is 12.6. The summed E-state index contributed by atoms with van der Waals surface area (Å²) in [6, 6.07) is 9.94. The summed E-state index contributed by atoms with van der Waals surface area (Å²) in [6.07, 6.45) is 3.71. The van der Waals surface area contributed by atoms with Gasteiger partial charge in [0.15, 0.2) is 0 Å². The van der Waals surface area contributed by atoms with Gasteiger partial charge in [-0.2, -0.15) is 4.98 Å². The molecule has 29 heavy (non-hydrogen) atoms. The average molecular weight is 395 g/mol. The average Bonchev–Trinajstić information content (AvgIpc) is 2.75. The summed E-state index contributed by atoms with van der Waals surface area (Å²) in [5.41, 5.74) is 1.78. The van der Waals surface area contributed by atoms with Gasteiger partial charge in [-0.25, -0.2) is 4.98 Å². The van der Waals surface area contributed by atoms with Crippen LogP contribution >= 0.6 is 0 Å². The second kappa shape index (κ2) is 8.78. The molecular formula is C22H30N6O. The predicted molar refractivity (Wildman–Crippen MR) is 116 cm³/mol. The van der Waals surface area contributed by atoms with E-state index >= 15 is 0 Å². The normalized spacial score (nSPS) is 18.7. The molecule has 7 nitrogen and oxygen atoms in total. The molecule has 1 N–H and O–H groups in total. The minimum atomic E-state index is 0.0286. The number of nitrogens with zero attached hydrogens (tertiary/aromatic N) is 5. The quantitative estimate of drug-likeness (QED) is 0.855. The molecule has 0 saturated carbocycles. The van der Waals surface area contributed by atoms with E-state index in [0.717, 1.165) is 75.0 Å². The highest BCUT2D eigenvalue weighted by Gasteiger charge is 2.23. The number of piperazine rings is 1. The topological polar surface area (TPSA) is 64.6 Å². The molecule has 0 spiro atoms. The van der Waals surface area contributed by atoms with E-state index in [2.05, 4.69) is 32.0 Å². The van der Waals surface area contributed by atoms with Crippen molar-refractivity contribution in [1.29, 1.82) is 0 Å². The molecule has 2 aliphatic rings. The van der Waals surface area contributed by atoms with E-state index in [1.165, 1.54) is 0 Å². The van der Waals surface area contributed by atoms with Crippen LogP contribution in [0.1, 0.15) is 28.8 Å². The maximum atomic E-state index is 12.6. The van der Waals surface area contributed by atoms with Crippen molar-refractivity contribution in [3.05, 3.63) is 47.7 Å². The van der Waals surface area contributed by atoms with Gasteiger partial charge in [0.05, 0.1) is 0 Å². The van der Waals surface area contributed by atoms with Crippen LogP contribution in [0.4, 0.5) is 11.8 Å². The molecular weight excluding hydrogens is 364 g/mol. The van der Waals surface area contributed by atoms with Crippen molar-refractivity contribution in [2.24, 2.45) is 0 Å². The highest BCUT2D eigenvalue weighted by atomic mass is 16.1. The number of amides is 1. The van der Waals surface area contributed by atoms with Crippen LogP contribution < -0.4 is 15.1 Å². The van der Waals surface area contributed by atoms with E-state index in [1.54, 1.807) is 0 Å². The SMILES string of the molecule is Cc1ccccc1C(=O)NC1CCN(c2ccnc(N3CCN(C)CC3)n2)CC1. The Kier molecular flexibility index (Phi) is 5.94. The Morgan fingerprint density at radius 3 is 2.45 bits per heavy atom. The van der Waals surface area contributed by atoms with E-state index in [-0.39, 0.29) is 11.9 Å². The van der Waals surface area contributed by atoms with Gasteiger partial charge in [0, 0.05) is 57.1 Å². The van der Waals surface area contributed by atoms with Crippen molar-refractivity contribution in [1.82, 2.24) is 20.2 Å². The smallest absolute Gasteiger partial charge is 0.251 e. The summed E-state index contributed by atoms with van der Waals surface area (Å²) in [5.74, 6) is 1.84. The third-order valence-corrected chi connectivity index (χ3v) is 5.96. The molecule has 0 radical (unpaired) electrons. The van der Waals surface area contributed by atoms with Crippen LogP contribution in [0.5, 0.6) is 0 Å². The van der Waals surface area contributed by atoms with Crippen LogP contribution in [0.2, 0.25) is 0 Å². The van der Waals surface area contributed by atoms with Gasteiger partial charge < -0.3 is 20.0 Å². The lowest BCUT2D eigenvalue weighted by molar-refractivity contribution is 0.0930. The summed E-state index contributed by atoms with van der Waals surface area (Å²) in [5, 5.41) is 3.20. The molecule has 2 saturated heterocycles. The van der Waals surface area contributed by atoms with Gasteiger partial charge in [0.25, 0.3) is 5.91 Å². The minimum Gasteiger partial charge on any atom is -0.356 e. The van der Waals surface area contributed by atoms with Crippen molar-refractivity contribution in [2.45, 2.75) is 25.8 Å². The van der Waals surface area contributed by atoms with Gasteiger partial charge in [-0.1, -0.05) is 18.2 Å². The minimum absolute atomic E-state index is 0.0286. The number of carbonyl (C=O) groups is 1. The molecule has 1 amide bonds. The lowest BCUT2D eigenvalue weighted by atomic mass is 10.0. The summed E-state index contributed by atoms with van der Waals surface area (Å²) in [4.78, 5) is 28.8. The third kappa shape index (κ3) is 4.67. The van der Waals surface area contributed by atoms with E-state index in [0.29, 0.717) is 0 Å². The molecule has 2 aliphatic heterocycles. The molecule has 0 aliphatic carbocycles. The molecule has 3 heterocycles. The Bertz CT molecular complexity index is 841. The molecule has 1 aromatic heterocycles. The second-order valence-corrected chi connectivity index (χ2v) is 8.05. The molecule has 4 rings (SSSR count). The number of hydrogen-bond acceptors (Lipinski definition) is 6. The first-order chi connectivity index (χ1) is 14.1. The van der Waals surface area contributed by atoms with Crippen LogP contribution in [0, 0.1) is 6.92 Å². The zero-order valence-electron chi connectivity index (χ0n) is 17.3. The van der Waals surface area contributed by atoms with E-state index < -0.39 is 0 Å². The Morgan fingerprint density at radius 1 is 1.00 bits per heavy atom. The van der Waals surface area contributed by atoms with Crippen LogP contribution in [0.3, 0.4) is 0 Å². The standard InChI is InChI=1S/C22H30N6O/c1-17-5-3-4-6-19(17)21(29)24-18-8-11-27(12-9-18)20-7-10-23-22(25-20)28-15-13-26(2)14-16-28/h3-7,10,18H,8-9,11-16H2,1-2H3,(H,24,29). The van der Waals surface area contributed by atoms with Crippen LogP contribution in [0.25, 0.3) is 0 Å². The van der Waals surface area contributed by atoms with Crippen LogP contribution in [-0.4, -0.2) is 73.1 Å². The molecule has 2 fully saturated rings. The monoisotopic (exact) mass is 394 g/mol. The Balaban J connectivity index is 1.33. The number of piperidine rings is 1. The summed E-state index contributed by atoms with van der Waals surface area (Å²) >= 11 is 0. The number of benzene rings is 1. The number of aryl methyl sites for hydroxylation is 1. The van der Waals surface area contributed by atoms with Gasteiger partial charge in [0.1, 0.15) is 5.82 Å². The summed E-state index contributed by atoms with van der Waals surface area (Å²) in [6.45, 7) is 7.76. The molecule has 0 atom stereocenters. The van der Waals surface area contributed by atoms with Gasteiger partial charge in [-0.3, -0.25) is 4.79 Å². The highest BCUT2D eigenvalue weighted by molar-refractivity contribution is 5.95. The molecule has 0 unspecified atom stereocenters. The number of aromatic nitrogens is 2. The first kappa shape index (κ1) is 19.6. The first-order valence-electron chi connectivity index (χ1n) is 10.5. The Labute approximate surface area is 172 Å². The maximum Gasteiger partial charge on any atom is 0.251 e. The molecule has 0 bridgehead atoms. The Morgan fingerprint density at radius 2 is 1.72 bits per heavy atom. The van der Waals surface area contributed by atoms with Crippen molar-refractivity contribution in [2.75, 3.05) is 56.1 Å². The van der Waals surface area contributed by atoms with E-state index in [9.17, 15) is 4.79 Å².